The quantitative estimate of drug-likeness (QED) is 0.783. The second-order valence-electron chi connectivity index (χ2n) is 3.87. The van der Waals surface area contributed by atoms with Gasteiger partial charge in [-0.1, -0.05) is 0 Å². The highest BCUT2D eigenvalue weighted by atomic mass is 16.5. The Hall–Kier alpha value is -1.66. The number of aliphatic hydroxyl groups is 1. The molecular formula is C12H18N2O4. The van der Waals surface area contributed by atoms with Gasteiger partial charge in [0.15, 0.2) is 0 Å². The summed E-state index contributed by atoms with van der Waals surface area (Å²) in [6, 6.07) is 1.58. The molecule has 6 nitrogen and oxygen atoms in total. The zero-order valence-corrected chi connectivity index (χ0v) is 10.8. The molecule has 1 aromatic heterocycles. The number of carbonyl (C=O) groups excluding carboxylic acids is 1. The van der Waals surface area contributed by atoms with Gasteiger partial charge in [0.25, 0.3) is 5.91 Å². The van der Waals surface area contributed by atoms with Crippen molar-refractivity contribution < 1.29 is 19.4 Å². The molecule has 0 fully saturated rings. The summed E-state index contributed by atoms with van der Waals surface area (Å²) in [5.41, 5.74) is 0.416. The lowest BCUT2D eigenvalue weighted by Gasteiger charge is -2.21. The van der Waals surface area contributed by atoms with E-state index in [2.05, 4.69) is 4.98 Å². The molecule has 1 heterocycles. The molecule has 0 radical (unpaired) electrons. The minimum absolute atomic E-state index is 0.186. The van der Waals surface area contributed by atoms with Gasteiger partial charge in [-0.25, -0.2) is 0 Å². The molecule has 0 aliphatic heterocycles. The van der Waals surface area contributed by atoms with Crippen molar-refractivity contribution in [3.05, 3.63) is 24.0 Å². The lowest BCUT2D eigenvalue weighted by Crippen LogP contribution is -2.36. The number of nitrogens with zero attached hydrogens (tertiary/aromatic N) is 2. The van der Waals surface area contributed by atoms with Crippen LogP contribution in [0.4, 0.5) is 0 Å². The number of pyridine rings is 1. The summed E-state index contributed by atoms with van der Waals surface area (Å²) < 4.78 is 9.88. The molecule has 1 N–H and O–H groups in total. The Morgan fingerprint density at radius 3 is 2.89 bits per heavy atom. The van der Waals surface area contributed by atoms with E-state index in [1.165, 1.54) is 31.5 Å². The Kier molecular flexibility index (Phi) is 5.54. The number of aromatic nitrogens is 1. The summed E-state index contributed by atoms with van der Waals surface area (Å²) in [7, 11) is 4.59. The largest absolute Gasteiger partial charge is 0.494 e. The number of methoxy groups -OCH3 is 2. The predicted molar refractivity (Wildman–Crippen MR) is 65.6 cm³/mol. The fourth-order valence-electron chi connectivity index (χ4n) is 1.57. The summed E-state index contributed by atoms with van der Waals surface area (Å²) in [6.07, 6.45) is 2.29. The van der Waals surface area contributed by atoms with Crippen molar-refractivity contribution in [2.24, 2.45) is 0 Å². The van der Waals surface area contributed by atoms with Crippen LogP contribution in [-0.2, 0) is 4.74 Å². The minimum Gasteiger partial charge on any atom is -0.494 e. The summed E-state index contributed by atoms with van der Waals surface area (Å²) in [5.74, 6) is 0.181. The standard InChI is InChI=1S/C12H18N2O4/c1-14(7-9(15)8-17-2)12(16)10-4-5-13-6-11(10)18-3/h4-6,9,15H,7-8H2,1-3H3. The molecule has 1 unspecified atom stereocenters. The van der Waals surface area contributed by atoms with E-state index in [0.717, 1.165) is 0 Å². The van der Waals surface area contributed by atoms with E-state index in [0.29, 0.717) is 11.3 Å². The van der Waals surface area contributed by atoms with E-state index in [-0.39, 0.29) is 19.1 Å². The van der Waals surface area contributed by atoms with E-state index in [1.54, 1.807) is 13.1 Å². The zero-order chi connectivity index (χ0) is 13.5. The molecule has 0 saturated heterocycles. The molecule has 1 rings (SSSR count). The summed E-state index contributed by atoms with van der Waals surface area (Å²) in [4.78, 5) is 17.4. The third kappa shape index (κ3) is 3.68. The topological polar surface area (TPSA) is 71.9 Å². The molecule has 0 saturated carbocycles. The van der Waals surface area contributed by atoms with Gasteiger partial charge in [-0.05, 0) is 6.07 Å². The van der Waals surface area contributed by atoms with Crippen molar-refractivity contribution in [1.29, 1.82) is 0 Å². The maximum atomic E-state index is 12.1. The fourth-order valence-corrected chi connectivity index (χ4v) is 1.57. The number of hydrogen-bond acceptors (Lipinski definition) is 5. The molecule has 0 bridgehead atoms. The van der Waals surface area contributed by atoms with E-state index in [1.807, 2.05) is 0 Å². The summed E-state index contributed by atoms with van der Waals surface area (Å²) in [6.45, 7) is 0.378. The molecule has 6 heteroatoms. The molecule has 1 amide bonds. The fraction of sp³-hybridized carbons (Fsp3) is 0.500. The molecule has 0 aromatic carbocycles. The molecular weight excluding hydrogens is 236 g/mol. The molecule has 18 heavy (non-hydrogen) atoms. The highest BCUT2D eigenvalue weighted by Crippen LogP contribution is 2.17. The van der Waals surface area contributed by atoms with Gasteiger partial charge in [0.05, 0.1) is 31.6 Å². The lowest BCUT2D eigenvalue weighted by atomic mass is 10.2. The van der Waals surface area contributed by atoms with Gasteiger partial charge in [0, 0.05) is 26.9 Å². The van der Waals surface area contributed by atoms with Gasteiger partial charge < -0.3 is 19.5 Å². The van der Waals surface area contributed by atoms with Crippen molar-refractivity contribution in [2.75, 3.05) is 34.4 Å². The molecule has 0 aliphatic carbocycles. The van der Waals surface area contributed by atoms with E-state index >= 15 is 0 Å². The van der Waals surface area contributed by atoms with Crippen LogP contribution in [0, 0.1) is 0 Å². The first-order valence-corrected chi connectivity index (χ1v) is 5.50. The maximum Gasteiger partial charge on any atom is 0.257 e. The van der Waals surface area contributed by atoms with Crippen molar-refractivity contribution in [3.63, 3.8) is 0 Å². The SMILES string of the molecule is COCC(O)CN(C)C(=O)c1ccncc1OC. The molecule has 1 atom stereocenters. The molecule has 100 valence electrons. The van der Waals surface area contributed by atoms with Crippen LogP contribution in [0.25, 0.3) is 0 Å². The van der Waals surface area contributed by atoms with Crippen LogP contribution in [0.15, 0.2) is 18.5 Å². The Bertz CT molecular complexity index is 397. The Morgan fingerprint density at radius 1 is 1.56 bits per heavy atom. The zero-order valence-electron chi connectivity index (χ0n) is 10.8. The second kappa shape index (κ2) is 6.93. The number of carbonyl (C=O) groups is 1. The van der Waals surface area contributed by atoms with Gasteiger partial charge >= 0.3 is 0 Å². The second-order valence-corrected chi connectivity index (χ2v) is 3.87. The van der Waals surface area contributed by atoms with Gasteiger partial charge in [-0.2, -0.15) is 0 Å². The van der Waals surface area contributed by atoms with Crippen molar-refractivity contribution in [3.8, 4) is 5.75 Å². The number of rotatable bonds is 6. The Morgan fingerprint density at radius 2 is 2.28 bits per heavy atom. The van der Waals surface area contributed by atoms with Gasteiger partial charge in [-0.3, -0.25) is 9.78 Å². The molecule has 0 spiro atoms. The average Bonchev–Trinajstić information content (AvgIpc) is 2.38. The van der Waals surface area contributed by atoms with Crippen LogP contribution in [-0.4, -0.2) is 61.4 Å². The van der Waals surface area contributed by atoms with Crippen LogP contribution in [0.1, 0.15) is 10.4 Å². The minimum atomic E-state index is -0.711. The van der Waals surface area contributed by atoms with Crippen LogP contribution < -0.4 is 4.74 Å². The highest BCUT2D eigenvalue weighted by Gasteiger charge is 2.18. The smallest absolute Gasteiger partial charge is 0.257 e. The van der Waals surface area contributed by atoms with Gasteiger partial charge in [0.1, 0.15) is 5.75 Å². The number of aliphatic hydroxyl groups excluding tert-OH is 1. The van der Waals surface area contributed by atoms with Gasteiger partial charge in [0.2, 0.25) is 0 Å². The third-order valence-corrected chi connectivity index (χ3v) is 2.43. The van der Waals surface area contributed by atoms with Crippen molar-refractivity contribution >= 4 is 5.91 Å². The predicted octanol–water partition coefficient (Wildman–Crippen LogP) is 0.169. The third-order valence-electron chi connectivity index (χ3n) is 2.43. The van der Waals surface area contributed by atoms with Crippen molar-refractivity contribution in [1.82, 2.24) is 9.88 Å². The Balaban J connectivity index is 2.74. The van der Waals surface area contributed by atoms with Crippen LogP contribution in [0.2, 0.25) is 0 Å². The molecule has 1 aromatic rings. The van der Waals surface area contributed by atoms with E-state index < -0.39 is 6.10 Å². The Labute approximate surface area is 106 Å². The normalized spacial score (nSPS) is 12.0. The summed E-state index contributed by atoms with van der Waals surface area (Å²) in [5, 5.41) is 9.58. The molecule has 0 aliphatic rings. The summed E-state index contributed by atoms with van der Waals surface area (Å²) >= 11 is 0. The van der Waals surface area contributed by atoms with Gasteiger partial charge in [-0.15, -0.1) is 0 Å². The van der Waals surface area contributed by atoms with Crippen LogP contribution in [0.3, 0.4) is 0 Å². The highest BCUT2D eigenvalue weighted by molar-refractivity contribution is 5.96. The van der Waals surface area contributed by atoms with Crippen LogP contribution in [0.5, 0.6) is 5.75 Å². The number of amides is 1. The lowest BCUT2D eigenvalue weighted by molar-refractivity contribution is 0.0379. The van der Waals surface area contributed by atoms with Crippen molar-refractivity contribution in [2.45, 2.75) is 6.10 Å². The first kappa shape index (κ1) is 14.4. The van der Waals surface area contributed by atoms with E-state index in [4.69, 9.17) is 9.47 Å². The average molecular weight is 254 g/mol. The van der Waals surface area contributed by atoms with E-state index in [9.17, 15) is 9.90 Å². The van der Waals surface area contributed by atoms with Crippen LogP contribution >= 0.6 is 0 Å². The number of hydrogen-bond donors (Lipinski definition) is 1. The first-order chi connectivity index (χ1) is 8.60. The number of ether oxygens (including phenoxy) is 2. The monoisotopic (exact) mass is 254 g/mol. The first-order valence-electron chi connectivity index (χ1n) is 5.50. The number of likely N-dealkylation sites (N-methyl/N-ethyl adjacent to an activating group) is 1. The maximum absolute atomic E-state index is 12.1.